The van der Waals surface area contributed by atoms with Crippen molar-refractivity contribution < 1.29 is 9.47 Å². The predicted molar refractivity (Wildman–Crippen MR) is 61.3 cm³/mol. The highest BCUT2D eigenvalue weighted by Gasteiger charge is 2.14. The first-order valence-corrected chi connectivity index (χ1v) is 5.21. The lowest BCUT2D eigenvalue weighted by atomic mass is 10.1. The molecule has 0 amide bonds. The second-order valence-corrected chi connectivity index (χ2v) is 3.84. The molecule has 80 valence electrons. The molecule has 1 aromatic carbocycles. The summed E-state index contributed by atoms with van der Waals surface area (Å²) >= 11 is 3.44. The van der Waals surface area contributed by atoms with Gasteiger partial charge in [-0.2, -0.15) is 5.26 Å². The van der Waals surface area contributed by atoms with Gasteiger partial charge in [-0.3, -0.25) is 0 Å². The van der Waals surface area contributed by atoms with E-state index >= 15 is 0 Å². The monoisotopic (exact) mass is 269 g/mol. The van der Waals surface area contributed by atoms with Crippen molar-refractivity contribution in [2.45, 2.75) is 13.3 Å². The van der Waals surface area contributed by atoms with Gasteiger partial charge in [-0.05, 0) is 40.0 Å². The molecule has 4 heteroatoms. The third kappa shape index (κ3) is 2.24. The molecule has 0 unspecified atom stereocenters. The van der Waals surface area contributed by atoms with Crippen molar-refractivity contribution in [1.82, 2.24) is 0 Å². The molecule has 15 heavy (non-hydrogen) atoms. The van der Waals surface area contributed by atoms with Gasteiger partial charge in [0.2, 0.25) is 0 Å². The molecule has 0 heterocycles. The molecule has 0 spiro atoms. The normalized spacial score (nSPS) is 9.53. The van der Waals surface area contributed by atoms with Crippen LogP contribution in [0.4, 0.5) is 0 Å². The molecule has 0 atom stereocenters. The van der Waals surface area contributed by atoms with Crippen LogP contribution < -0.4 is 9.47 Å². The van der Waals surface area contributed by atoms with Gasteiger partial charge in [-0.15, -0.1) is 0 Å². The lowest BCUT2D eigenvalue weighted by Crippen LogP contribution is -1.97. The van der Waals surface area contributed by atoms with Crippen molar-refractivity contribution in [1.29, 1.82) is 5.26 Å². The molecular weight excluding hydrogens is 258 g/mol. The van der Waals surface area contributed by atoms with Crippen LogP contribution in [0.2, 0.25) is 0 Å². The number of ether oxygens (including phenoxy) is 2. The Labute approximate surface area is 97.7 Å². The van der Waals surface area contributed by atoms with E-state index in [1.54, 1.807) is 14.2 Å². The minimum absolute atomic E-state index is 0.366. The number of halogens is 1. The van der Waals surface area contributed by atoms with Crippen LogP contribution in [0, 0.1) is 18.3 Å². The highest BCUT2D eigenvalue weighted by atomic mass is 79.9. The van der Waals surface area contributed by atoms with E-state index in [1.165, 1.54) is 0 Å². The molecule has 0 N–H and O–H groups in total. The summed E-state index contributed by atoms with van der Waals surface area (Å²) in [5, 5.41) is 8.69. The molecule has 1 rings (SSSR count). The van der Waals surface area contributed by atoms with E-state index in [4.69, 9.17) is 14.7 Å². The van der Waals surface area contributed by atoms with E-state index < -0.39 is 0 Å². The molecule has 0 aromatic heterocycles. The van der Waals surface area contributed by atoms with Crippen LogP contribution in [0.3, 0.4) is 0 Å². The fourth-order valence-electron chi connectivity index (χ4n) is 1.36. The maximum atomic E-state index is 8.69. The quantitative estimate of drug-likeness (QED) is 0.848. The molecule has 0 radical (unpaired) electrons. The Morgan fingerprint density at radius 3 is 2.53 bits per heavy atom. The number of methoxy groups -OCH3 is 2. The van der Waals surface area contributed by atoms with Gasteiger partial charge in [0.05, 0.1) is 31.2 Å². The minimum Gasteiger partial charge on any atom is -0.493 e. The maximum Gasteiger partial charge on any atom is 0.175 e. The largest absolute Gasteiger partial charge is 0.493 e. The number of rotatable bonds is 3. The maximum absolute atomic E-state index is 8.69. The average Bonchev–Trinajstić information content (AvgIpc) is 2.24. The summed E-state index contributed by atoms with van der Waals surface area (Å²) in [7, 11) is 3.17. The molecule has 3 nitrogen and oxygen atoms in total. The van der Waals surface area contributed by atoms with Gasteiger partial charge in [0.15, 0.2) is 11.5 Å². The van der Waals surface area contributed by atoms with E-state index in [-0.39, 0.29) is 0 Å². The molecular formula is C11H12BrNO2. The SMILES string of the molecule is COc1cc(CC#N)c(C)c(Br)c1OC. The zero-order chi connectivity index (χ0) is 11.4. The average molecular weight is 270 g/mol. The summed E-state index contributed by atoms with van der Waals surface area (Å²) in [6.45, 7) is 1.94. The van der Waals surface area contributed by atoms with Crippen molar-refractivity contribution >= 4 is 15.9 Å². The highest BCUT2D eigenvalue weighted by Crippen LogP contribution is 2.39. The second-order valence-electron chi connectivity index (χ2n) is 3.05. The van der Waals surface area contributed by atoms with Crippen LogP contribution in [0.1, 0.15) is 11.1 Å². The van der Waals surface area contributed by atoms with Crippen LogP contribution in [-0.4, -0.2) is 14.2 Å². The standard InChI is InChI=1S/C11H12BrNO2/c1-7-8(4-5-13)6-9(14-2)11(15-3)10(7)12/h6H,4H2,1-3H3. The van der Waals surface area contributed by atoms with Gasteiger partial charge in [0, 0.05) is 0 Å². The van der Waals surface area contributed by atoms with Gasteiger partial charge < -0.3 is 9.47 Å². The summed E-state index contributed by atoms with van der Waals surface area (Å²) in [5.41, 5.74) is 1.95. The van der Waals surface area contributed by atoms with Gasteiger partial charge in [-0.25, -0.2) is 0 Å². The topological polar surface area (TPSA) is 42.2 Å². The number of nitrogens with zero attached hydrogens (tertiary/aromatic N) is 1. The van der Waals surface area contributed by atoms with Crippen molar-refractivity contribution in [3.63, 3.8) is 0 Å². The van der Waals surface area contributed by atoms with Crippen LogP contribution in [-0.2, 0) is 6.42 Å². The van der Waals surface area contributed by atoms with E-state index in [1.807, 2.05) is 13.0 Å². The Balaban J connectivity index is 3.37. The van der Waals surface area contributed by atoms with E-state index in [9.17, 15) is 0 Å². The summed E-state index contributed by atoms with van der Waals surface area (Å²) in [6.07, 6.45) is 0.366. The lowest BCUT2D eigenvalue weighted by molar-refractivity contribution is 0.352. The molecule has 0 aliphatic carbocycles. The van der Waals surface area contributed by atoms with Crippen LogP contribution >= 0.6 is 15.9 Å². The van der Waals surface area contributed by atoms with Crippen molar-refractivity contribution in [3.8, 4) is 17.6 Å². The molecule has 1 aromatic rings. The van der Waals surface area contributed by atoms with E-state index in [0.29, 0.717) is 17.9 Å². The first kappa shape index (κ1) is 11.9. The van der Waals surface area contributed by atoms with Crippen molar-refractivity contribution in [2.75, 3.05) is 14.2 Å². The van der Waals surface area contributed by atoms with Gasteiger partial charge in [0.25, 0.3) is 0 Å². The Bertz CT molecular complexity index is 410. The Kier molecular flexibility index (Phi) is 3.98. The van der Waals surface area contributed by atoms with Gasteiger partial charge >= 0.3 is 0 Å². The lowest BCUT2D eigenvalue weighted by Gasteiger charge is -2.14. The third-order valence-corrected chi connectivity index (χ3v) is 3.19. The fourth-order valence-corrected chi connectivity index (χ4v) is 1.97. The molecule has 0 saturated heterocycles. The highest BCUT2D eigenvalue weighted by molar-refractivity contribution is 9.10. The number of hydrogen-bond acceptors (Lipinski definition) is 3. The number of nitriles is 1. The van der Waals surface area contributed by atoms with Crippen molar-refractivity contribution in [3.05, 3.63) is 21.7 Å². The Morgan fingerprint density at radius 1 is 1.40 bits per heavy atom. The zero-order valence-corrected chi connectivity index (χ0v) is 10.5. The molecule has 0 fully saturated rings. The summed E-state index contributed by atoms with van der Waals surface area (Å²) in [5.74, 6) is 1.30. The Hall–Kier alpha value is -1.21. The second kappa shape index (κ2) is 5.04. The number of benzene rings is 1. The number of hydrogen-bond donors (Lipinski definition) is 0. The molecule has 0 aliphatic heterocycles. The Morgan fingerprint density at radius 2 is 2.07 bits per heavy atom. The van der Waals surface area contributed by atoms with Crippen LogP contribution in [0.25, 0.3) is 0 Å². The summed E-state index contributed by atoms with van der Waals surface area (Å²) in [6, 6.07) is 3.96. The van der Waals surface area contributed by atoms with Gasteiger partial charge in [-0.1, -0.05) is 0 Å². The van der Waals surface area contributed by atoms with Gasteiger partial charge in [0.1, 0.15) is 0 Å². The van der Waals surface area contributed by atoms with Crippen LogP contribution in [0.5, 0.6) is 11.5 Å². The smallest absolute Gasteiger partial charge is 0.175 e. The zero-order valence-electron chi connectivity index (χ0n) is 8.93. The fraction of sp³-hybridized carbons (Fsp3) is 0.364. The molecule has 0 bridgehead atoms. The predicted octanol–water partition coefficient (Wildman–Crippen LogP) is 2.84. The molecule has 0 saturated carbocycles. The minimum atomic E-state index is 0.366. The first-order valence-electron chi connectivity index (χ1n) is 4.42. The van der Waals surface area contributed by atoms with Crippen molar-refractivity contribution in [2.24, 2.45) is 0 Å². The summed E-state index contributed by atoms with van der Waals surface area (Å²) in [4.78, 5) is 0. The third-order valence-electron chi connectivity index (χ3n) is 2.23. The first-order chi connectivity index (χ1) is 7.15. The van der Waals surface area contributed by atoms with E-state index in [0.717, 1.165) is 15.6 Å². The molecule has 0 aliphatic rings. The summed E-state index contributed by atoms with van der Waals surface area (Å²) < 4.78 is 11.3. The van der Waals surface area contributed by atoms with Crippen LogP contribution in [0.15, 0.2) is 10.5 Å². The van der Waals surface area contributed by atoms with E-state index in [2.05, 4.69) is 22.0 Å².